The van der Waals surface area contributed by atoms with E-state index < -0.39 is 23.9 Å². The van der Waals surface area contributed by atoms with Crippen molar-refractivity contribution in [2.75, 3.05) is 10.6 Å². The lowest BCUT2D eigenvalue weighted by atomic mass is 9.79. The van der Waals surface area contributed by atoms with E-state index in [4.69, 9.17) is 0 Å². The number of piperidine rings is 1. The van der Waals surface area contributed by atoms with Crippen molar-refractivity contribution >= 4 is 29.1 Å². The van der Waals surface area contributed by atoms with Gasteiger partial charge in [-0.3, -0.25) is 14.4 Å². The van der Waals surface area contributed by atoms with E-state index in [1.807, 2.05) is 26.0 Å². The Kier molecular flexibility index (Phi) is 6.83. The molecule has 2 aliphatic rings. The normalized spacial score (nSPS) is 23.7. The third-order valence-corrected chi connectivity index (χ3v) is 6.34. The lowest BCUT2D eigenvalue weighted by Gasteiger charge is -2.47. The van der Waals surface area contributed by atoms with Gasteiger partial charge in [0.2, 0.25) is 5.91 Å². The molecule has 1 fully saturated rings. The highest BCUT2D eigenvalue weighted by atomic mass is 16.2. The van der Waals surface area contributed by atoms with Crippen LogP contribution < -0.4 is 26.6 Å². The number of hydrogen-bond donors (Lipinski definition) is 5. The highest BCUT2D eigenvalue weighted by molar-refractivity contribution is 6.16. The highest BCUT2D eigenvalue weighted by Crippen LogP contribution is 2.29. The molecule has 2 heterocycles. The Labute approximate surface area is 190 Å². The molecule has 0 spiro atoms. The van der Waals surface area contributed by atoms with Crippen molar-refractivity contribution in [1.29, 1.82) is 0 Å². The SMILES string of the molecule is CC[C@H](C)[C@@H](NC(=O)[C@@H]1Nc2ccccc2NC1=O)C(=O)NC1CC(C)(C)NC(C)(C)C1. The van der Waals surface area contributed by atoms with Gasteiger partial charge in [-0.15, -0.1) is 0 Å². The zero-order valence-electron chi connectivity index (χ0n) is 20.0. The fourth-order valence-corrected chi connectivity index (χ4v) is 4.98. The number of carbonyl (C=O) groups is 3. The van der Waals surface area contributed by atoms with Gasteiger partial charge in [0.05, 0.1) is 11.4 Å². The molecular formula is C24H37N5O3. The van der Waals surface area contributed by atoms with Crippen LogP contribution in [0.15, 0.2) is 24.3 Å². The number of amides is 3. The molecule has 0 radical (unpaired) electrons. The molecule has 2 aliphatic heterocycles. The van der Waals surface area contributed by atoms with Crippen LogP contribution in [0.5, 0.6) is 0 Å². The second kappa shape index (κ2) is 9.10. The molecule has 32 heavy (non-hydrogen) atoms. The van der Waals surface area contributed by atoms with Crippen molar-refractivity contribution in [1.82, 2.24) is 16.0 Å². The van der Waals surface area contributed by atoms with Crippen LogP contribution in [-0.2, 0) is 14.4 Å². The molecule has 0 aromatic heterocycles. The van der Waals surface area contributed by atoms with E-state index >= 15 is 0 Å². The molecule has 3 amide bonds. The van der Waals surface area contributed by atoms with E-state index in [-0.39, 0.29) is 28.9 Å². The monoisotopic (exact) mass is 443 g/mol. The van der Waals surface area contributed by atoms with Crippen LogP contribution in [0, 0.1) is 5.92 Å². The Morgan fingerprint density at radius 1 is 1.09 bits per heavy atom. The van der Waals surface area contributed by atoms with Gasteiger partial charge in [0.25, 0.3) is 11.8 Å². The molecule has 5 N–H and O–H groups in total. The first-order chi connectivity index (χ1) is 14.9. The number of benzene rings is 1. The van der Waals surface area contributed by atoms with E-state index in [2.05, 4.69) is 54.3 Å². The summed E-state index contributed by atoms with van der Waals surface area (Å²) in [5.74, 6) is -1.24. The van der Waals surface area contributed by atoms with Gasteiger partial charge in [-0.25, -0.2) is 0 Å². The smallest absolute Gasteiger partial charge is 0.256 e. The van der Waals surface area contributed by atoms with Crippen molar-refractivity contribution in [2.45, 2.75) is 90.0 Å². The van der Waals surface area contributed by atoms with Gasteiger partial charge in [0.15, 0.2) is 6.04 Å². The average Bonchev–Trinajstić information content (AvgIpc) is 2.68. The van der Waals surface area contributed by atoms with E-state index in [1.54, 1.807) is 12.1 Å². The molecule has 8 heteroatoms. The second-order valence-electron chi connectivity index (χ2n) is 10.5. The number of para-hydroxylation sites is 2. The summed E-state index contributed by atoms with van der Waals surface area (Å²) in [5, 5.41) is 15.4. The minimum atomic E-state index is -1.10. The molecule has 8 nitrogen and oxygen atoms in total. The predicted molar refractivity (Wildman–Crippen MR) is 126 cm³/mol. The Hall–Kier alpha value is -2.61. The Balaban J connectivity index is 1.70. The third-order valence-electron chi connectivity index (χ3n) is 6.34. The molecule has 3 rings (SSSR count). The van der Waals surface area contributed by atoms with Gasteiger partial charge in [-0.05, 0) is 58.6 Å². The van der Waals surface area contributed by atoms with Gasteiger partial charge >= 0.3 is 0 Å². The quantitative estimate of drug-likeness (QED) is 0.434. The number of rotatable bonds is 6. The molecule has 0 aliphatic carbocycles. The van der Waals surface area contributed by atoms with Gasteiger partial charge in [0.1, 0.15) is 6.04 Å². The fourth-order valence-electron chi connectivity index (χ4n) is 4.98. The lowest BCUT2D eigenvalue weighted by Crippen LogP contribution is -2.64. The van der Waals surface area contributed by atoms with Crippen LogP contribution in [0.2, 0.25) is 0 Å². The largest absolute Gasteiger partial charge is 0.364 e. The molecule has 176 valence electrons. The van der Waals surface area contributed by atoms with E-state index in [9.17, 15) is 14.4 Å². The van der Waals surface area contributed by atoms with Crippen LogP contribution in [0.3, 0.4) is 0 Å². The number of carbonyl (C=O) groups excluding carboxylic acids is 3. The molecule has 1 saturated heterocycles. The van der Waals surface area contributed by atoms with Crippen LogP contribution in [-0.4, -0.2) is 46.9 Å². The summed E-state index contributed by atoms with van der Waals surface area (Å²) in [7, 11) is 0. The summed E-state index contributed by atoms with van der Waals surface area (Å²) in [5.41, 5.74) is 1.10. The number of hydrogen-bond acceptors (Lipinski definition) is 5. The molecule has 1 aromatic carbocycles. The summed E-state index contributed by atoms with van der Waals surface area (Å²) in [6, 6.07) is 5.39. The Morgan fingerprint density at radius 3 is 2.28 bits per heavy atom. The van der Waals surface area contributed by atoms with Gasteiger partial charge in [0, 0.05) is 17.1 Å². The second-order valence-corrected chi connectivity index (χ2v) is 10.5. The van der Waals surface area contributed by atoms with Crippen LogP contribution in [0.1, 0.15) is 60.8 Å². The Bertz CT molecular complexity index is 866. The standard InChI is InChI=1S/C24H37N5O3/c1-7-14(2)18(20(30)25-15-12-23(3,4)29-24(5,6)13-15)28-22(32)19-21(31)27-17-11-9-8-10-16(17)26-19/h8-11,14-15,18-19,26,29H,7,12-13H2,1-6H3,(H,25,30)(H,27,31)(H,28,32)/t14-,18+,19+/m0/s1. The minimum Gasteiger partial charge on any atom is -0.364 e. The molecular weight excluding hydrogens is 406 g/mol. The molecule has 1 aromatic rings. The lowest BCUT2D eigenvalue weighted by molar-refractivity contribution is -0.133. The maximum atomic E-state index is 13.3. The number of nitrogens with one attached hydrogen (secondary N) is 5. The first kappa shape index (κ1) is 24.0. The summed E-state index contributed by atoms with van der Waals surface area (Å²) < 4.78 is 0. The van der Waals surface area contributed by atoms with Gasteiger partial charge in [-0.1, -0.05) is 32.4 Å². The first-order valence-electron chi connectivity index (χ1n) is 11.5. The fraction of sp³-hybridized carbons (Fsp3) is 0.625. The minimum absolute atomic E-state index is 0.000175. The summed E-state index contributed by atoms with van der Waals surface area (Å²) in [6.45, 7) is 12.4. The van der Waals surface area contributed by atoms with Crippen LogP contribution in [0.4, 0.5) is 11.4 Å². The maximum Gasteiger partial charge on any atom is 0.256 e. The molecule has 0 saturated carbocycles. The van der Waals surface area contributed by atoms with E-state index in [1.165, 1.54) is 0 Å². The zero-order chi connectivity index (χ0) is 23.7. The van der Waals surface area contributed by atoms with Crippen molar-refractivity contribution in [2.24, 2.45) is 5.92 Å². The number of fused-ring (bicyclic) bond motifs is 1. The highest BCUT2D eigenvalue weighted by Gasteiger charge is 2.40. The topological polar surface area (TPSA) is 111 Å². The molecule has 3 atom stereocenters. The van der Waals surface area contributed by atoms with E-state index in [0.29, 0.717) is 17.8 Å². The first-order valence-corrected chi connectivity index (χ1v) is 11.5. The predicted octanol–water partition coefficient (Wildman–Crippen LogP) is 2.38. The molecule has 0 bridgehead atoms. The third kappa shape index (κ3) is 5.59. The van der Waals surface area contributed by atoms with Crippen molar-refractivity contribution in [3.8, 4) is 0 Å². The van der Waals surface area contributed by atoms with Crippen LogP contribution >= 0.6 is 0 Å². The Morgan fingerprint density at radius 2 is 1.69 bits per heavy atom. The summed E-state index contributed by atoms with van der Waals surface area (Å²) in [4.78, 5) is 38.8. The average molecular weight is 444 g/mol. The van der Waals surface area contributed by atoms with Crippen molar-refractivity contribution in [3.63, 3.8) is 0 Å². The summed E-state index contributed by atoms with van der Waals surface area (Å²) in [6.07, 6.45) is 2.31. The van der Waals surface area contributed by atoms with Crippen molar-refractivity contribution in [3.05, 3.63) is 24.3 Å². The van der Waals surface area contributed by atoms with Crippen molar-refractivity contribution < 1.29 is 14.4 Å². The van der Waals surface area contributed by atoms with Crippen LogP contribution in [0.25, 0.3) is 0 Å². The van der Waals surface area contributed by atoms with Gasteiger partial charge < -0.3 is 26.6 Å². The number of anilines is 2. The van der Waals surface area contributed by atoms with E-state index in [0.717, 1.165) is 12.8 Å². The summed E-state index contributed by atoms with van der Waals surface area (Å²) >= 11 is 0. The van der Waals surface area contributed by atoms with Gasteiger partial charge in [-0.2, -0.15) is 0 Å². The molecule has 0 unspecified atom stereocenters. The maximum absolute atomic E-state index is 13.3. The zero-order valence-corrected chi connectivity index (χ0v) is 20.0.